The molecule has 4 nitrogen and oxygen atoms in total. The molecule has 0 saturated carbocycles. The summed E-state index contributed by atoms with van der Waals surface area (Å²) in [5.74, 6) is 0.592. The molecule has 1 aromatic carbocycles. The van der Waals surface area contributed by atoms with Crippen LogP contribution in [0.2, 0.25) is 0 Å². The summed E-state index contributed by atoms with van der Waals surface area (Å²) in [7, 11) is 1.55. The van der Waals surface area contributed by atoms with Gasteiger partial charge < -0.3 is 15.2 Å². The molecule has 1 rings (SSSR count). The third-order valence-corrected chi connectivity index (χ3v) is 1.75. The molecule has 0 bridgehead atoms. The summed E-state index contributed by atoms with van der Waals surface area (Å²) in [6, 6.07) is 4.90. The summed E-state index contributed by atoms with van der Waals surface area (Å²) >= 11 is 0. The maximum absolute atomic E-state index is 11.0. The Morgan fingerprint density at radius 2 is 2.13 bits per heavy atom. The van der Waals surface area contributed by atoms with Gasteiger partial charge in [0.1, 0.15) is 11.5 Å². The molecule has 15 heavy (non-hydrogen) atoms. The molecule has 0 aliphatic heterocycles. The zero-order valence-corrected chi connectivity index (χ0v) is 9.47. The van der Waals surface area contributed by atoms with Gasteiger partial charge in [-0.25, -0.2) is 0 Å². The van der Waals surface area contributed by atoms with Gasteiger partial charge in [-0.2, -0.15) is 0 Å². The number of benzene rings is 1. The highest BCUT2D eigenvalue weighted by molar-refractivity contribution is 5.95. The van der Waals surface area contributed by atoms with Crippen LogP contribution in [0.25, 0.3) is 0 Å². The van der Waals surface area contributed by atoms with Crippen molar-refractivity contribution in [3.63, 3.8) is 0 Å². The van der Waals surface area contributed by atoms with Crippen molar-refractivity contribution >= 4 is 18.3 Å². The second kappa shape index (κ2) is 6.14. The van der Waals surface area contributed by atoms with Crippen LogP contribution < -0.4 is 15.2 Å². The van der Waals surface area contributed by atoms with Gasteiger partial charge in [0.15, 0.2) is 0 Å². The molecule has 0 radical (unpaired) electrons. The fraction of sp³-hybridized carbons (Fsp3) is 0.300. The predicted molar refractivity (Wildman–Crippen MR) is 59.9 cm³/mol. The highest BCUT2D eigenvalue weighted by Crippen LogP contribution is 2.24. The number of hydrogen-bond acceptors (Lipinski definition) is 3. The Morgan fingerprint density at radius 1 is 1.47 bits per heavy atom. The van der Waals surface area contributed by atoms with E-state index in [0.717, 1.165) is 0 Å². The molecule has 0 aliphatic carbocycles. The molecule has 0 aromatic heterocycles. The van der Waals surface area contributed by atoms with E-state index in [2.05, 4.69) is 0 Å². The summed E-state index contributed by atoms with van der Waals surface area (Å²) in [5, 5.41) is 0. The highest BCUT2D eigenvalue weighted by Gasteiger charge is 2.09. The number of hydrogen-bond donors (Lipinski definition) is 1. The third kappa shape index (κ3) is 3.32. The van der Waals surface area contributed by atoms with Gasteiger partial charge in [-0.15, -0.1) is 12.4 Å². The minimum atomic E-state index is -0.504. The van der Waals surface area contributed by atoms with Gasteiger partial charge >= 0.3 is 0 Å². The van der Waals surface area contributed by atoms with Crippen LogP contribution in [0.5, 0.6) is 11.5 Å². The number of amides is 1. The van der Waals surface area contributed by atoms with E-state index >= 15 is 0 Å². The Labute approximate surface area is 94.8 Å². The van der Waals surface area contributed by atoms with Crippen LogP contribution in [0, 0.1) is 0 Å². The van der Waals surface area contributed by atoms with Crippen LogP contribution in [0.1, 0.15) is 17.3 Å². The largest absolute Gasteiger partial charge is 0.497 e. The van der Waals surface area contributed by atoms with E-state index in [-0.39, 0.29) is 12.4 Å². The van der Waals surface area contributed by atoms with Gasteiger partial charge in [-0.3, -0.25) is 4.79 Å². The lowest BCUT2D eigenvalue weighted by Gasteiger charge is -2.09. The average molecular weight is 232 g/mol. The van der Waals surface area contributed by atoms with Crippen molar-refractivity contribution in [2.24, 2.45) is 5.73 Å². The summed E-state index contributed by atoms with van der Waals surface area (Å²) < 4.78 is 10.3. The summed E-state index contributed by atoms with van der Waals surface area (Å²) in [4.78, 5) is 11.0. The Balaban J connectivity index is 0.00000196. The molecule has 0 unspecified atom stereocenters. The standard InChI is InChI=1S/C10H13NO3.ClH/c1-3-14-9-6-7(13-2)4-5-8(9)10(11)12;/h4-6H,3H2,1-2H3,(H2,11,12);1H. The Bertz CT molecular complexity index is 341. The number of nitrogens with two attached hydrogens (primary N) is 1. The zero-order chi connectivity index (χ0) is 10.6. The molecular formula is C10H14ClNO3. The second-order valence-corrected chi connectivity index (χ2v) is 2.66. The van der Waals surface area contributed by atoms with E-state index in [1.165, 1.54) is 0 Å². The van der Waals surface area contributed by atoms with Crippen LogP contribution in [0.4, 0.5) is 0 Å². The monoisotopic (exact) mass is 231 g/mol. The first-order valence-electron chi connectivity index (χ1n) is 4.29. The Morgan fingerprint density at radius 3 is 2.60 bits per heavy atom. The van der Waals surface area contributed by atoms with E-state index in [0.29, 0.717) is 23.7 Å². The number of primary amides is 1. The van der Waals surface area contributed by atoms with Crippen molar-refractivity contribution < 1.29 is 14.3 Å². The lowest BCUT2D eigenvalue weighted by molar-refractivity contribution is 0.0996. The van der Waals surface area contributed by atoms with Crippen LogP contribution in [0.3, 0.4) is 0 Å². The third-order valence-electron chi connectivity index (χ3n) is 1.75. The first-order chi connectivity index (χ1) is 6.69. The second-order valence-electron chi connectivity index (χ2n) is 2.66. The predicted octanol–water partition coefficient (Wildman–Crippen LogP) is 1.61. The van der Waals surface area contributed by atoms with E-state index in [1.807, 2.05) is 6.92 Å². The molecule has 0 spiro atoms. The van der Waals surface area contributed by atoms with E-state index in [4.69, 9.17) is 15.2 Å². The van der Waals surface area contributed by atoms with Gasteiger partial charge in [0.25, 0.3) is 5.91 Å². The Kier molecular flexibility index (Phi) is 5.56. The topological polar surface area (TPSA) is 61.6 Å². The molecule has 0 heterocycles. The molecular weight excluding hydrogens is 218 g/mol. The Hall–Kier alpha value is -1.42. The van der Waals surface area contributed by atoms with Gasteiger partial charge in [0, 0.05) is 6.07 Å². The number of halogens is 1. The molecule has 84 valence electrons. The minimum absolute atomic E-state index is 0. The van der Waals surface area contributed by atoms with Gasteiger partial charge in [-0.1, -0.05) is 0 Å². The molecule has 0 atom stereocenters. The highest BCUT2D eigenvalue weighted by atomic mass is 35.5. The summed E-state index contributed by atoms with van der Waals surface area (Å²) in [6.07, 6.45) is 0. The van der Waals surface area contributed by atoms with E-state index in [1.54, 1.807) is 25.3 Å². The van der Waals surface area contributed by atoms with Crippen LogP contribution in [-0.4, -0.2) is 19.6 Å². The SMILES string of the molecule is CCOc1cc(OC)ccc1C(N)=O.Cl. The average Bonchev–Trinajstić information content (AvgIpc) is 2.17. The van der Waals surface area contributed by atoms with Gasteiger partial charge in [-0.05, 0) is 19.1 Å². The number of methoxy groups -OCH3 is 1. The summed E-state index contributed by atoms with van der Waals surface area (Å²) in [5.41, 5.74) is 5.54. The smallest absolute Gasteiger partial charge is 0.252 e. The lowest BCUT2D eigenvalue weighted by Crippen LogP contribution is -2.13. The quantitative estimate of drug-likeness (QED) is 0.857. The summed E-state index contributed by atoms with van der Waals surface area (Å²) in [6.45, 7) is 2.32. The van der Waals surface area contributed by atoms with Crippen molar-refractivity contribution in [3.8, 4) is 11.5 Å². The molecule has 1 aromatic rings. The molecule has 1 amide bonds. The molecule has 2 N–H and O–H groups in total. The van der Waals surface area contributed by atoms with Gasteiger partial charge in [0.05, 0.1) is 19.3 Å². The lowest BCUT2D eigenvalue weighted by atomic mass is 10.2. The van der Waals surface area contributed by atoms with Crippen molar-refractivity contribution in [1.29, 1.82) is 0 Å². The maximum Gasteiger partial charge on any atom is 0.252 e. The fourth-order valence-corrected chi connectivity index (χ4v) is 1.11. The van der Waals surface area contributed by atoms with E-state index in [9.17, 15) is 4.79 Å². The molecule has 0 aliphatic rings. The first kappa shape index (κ1) is 13.6. The van der Waals surface area contributed by atoms with Crippen molar-refractivity contribution in [2.75, 3.05) is 13.7 Å². The van der Waals surface area contributed by atoms with Crippen LogP contribution in [0.15, 0.2) is 18.2 Å². The number of carbonyl (C=O) groups is 1. The van der Waals surface area contributed by atoms with Crippen molar-refractivity contribution in [1.82, 2.24) is 0 Å². The number of ether oxygens (including phenoxy) is 2. The fourth-order valence-electron chi connectivity index (χ4n) is 1.11. The van der Waals surface area contributed by atoms with Gasteiger partial charge in [0.2, 0.25) is 0 Å². The molecule has 5 heteroatoms. The number of rotatable bonds is 4. The van der Waals surface area contributed by atoms with Crippen molar-refractivity contribution in [3.05, 3.63) is 23.8 Å². The van der Waals surface area contributed by atoms with Crippen LogP contribution >= 0.6 is 12.4 Å². The minimum Gasteiger partial charge on any atom is -0.497 e. The van der Waals surface area contributed by atoms with Crippen molar-refractivity contribution in [2.45, 2.75) is 6.92 Å². The van der Waals surface area contributed by atoms with E-state index < -0.39 is 5.91 Å². The maximum atomic E-state index is 11.0. The first-order valence-corrected chi connectivity index (χ1v) is 4.29. The molecule has 0 fully saturated rings. The zero-order valence-electron chi connectivity index (χ0n) is 8.65. The number of carbonyl (C=O) groups excluding carboxylic acids is 1. The molecule has 0 saturated heterocycles. The van der Waals surface area contributed by atoms with Crippen LogP contribution in [-0.2, 0) is 0 Å². The normalized spacial score (nSPS) is 8.93.